The van der Waals surface area contributed by atoms with E-state index in [0.717, 1.165) is 27.7 Å². The van der Waals surface area contributed by atoms with Gasteiger partial charge in [0.25, 0.3) is 0 Å². The van der Waals surface area contributed by atoms with E-state index in [1.165, 1.54) is 6.92 Å². The van der Waals surface area contributed by atoms with Crippen LogP contribution in [0.25, 0.3) is 10.9 Å². The van der Waals surface area contributed by atoms with Crippen LogP contribution in [-0.2, 0) is 4.79 Å². The summed E-state index contributed by atoms with van der Waals surface area (Å²) in [5.74, 6) is -1.25. The average Bonchev–Trinajstić information content (AvgIpc) is 2.37. The molecule has 5 nitrogen and oxygen atoms in total. The van der Waals surface area contributed by atoms with Crippen LogP contribution >= 0.6 is 0 Å². The van der Waals surface area contributed by atoms with Crippen LogP contribution < -0.4 is 5.32 Å². The summed E-state index contributed by atoms with van der Waals surface area (Å²) in [5, 5.41) is 22.7. The second-order valence-corrected chi connectivity index (χ2v) is 5.22. The van der Waals surface area contributed by atoms with Crippen LogP contribution in [0.3, 0.4) is 0 Å². The monoisotopic (exact) mass is 274 g/mol. The molecule has 0 fully saturated rings. The molecule has 0 aliphatic rings. The number of hydrogen-bond acceptors (Lipinski definition) is 4. The smallest absolute Gasteiger partial charge is 0.337 e. The minimum atomic E-state index is -1.81. The molecule has 0 spiro atoms. The molecule has 0 amide bonds. The number of aromatic nitrogens is 1. The standard InChI is InChI=1S/C15H18N2O3/c1-9-5-4-6-11-12(9)16-7-10(2)13(11)17-8-15(3,20)14(18)19/h4-7,20H,8H2,1-3H3,(H,16,17)(H,18,19). The summed E-state index contributed by atoms with van der Waals surface area (Å²) in [6.07, 6.45) is 1.74. The predicted octanol–water partition coefficient (Wildman–Crippen LogP) is 2.10. The van der Waals surface area contributed by atoms with Gasteiger partial charge >= 0.3 is 5.97 Å². The van der Waals surface area contributed by atoms with Crippen molar-refractivity contribution in [3.8, 4) is 0 Å². The molecule has 0 saturated heterocycles. The highest BCUT2D eigenvalue weighted by molar-refractivity contribution is 5.94. The van der Waals surface area contributed by atoms with Crippen molar-refractivity contribution in [2.75, 3.05) is 11.9 Å². The van der Waals surface area contributed by atoms with Crippen LogP contribution in [0.4, 0.5) is 5.69 Å². The number of carbonyl (C=O) groups is 1. The fraction of sp³-hybridized carbons (Fsp3) is 0.333. The molecule has 0 saturated carbocycles. The maximum absolute atomic E-state index is 10.9. The van der Waals surface area contributed by atoms with E-state index in [-0.39, 0.29) is 6.54 Å². The molecule has 0 aliphatic heterocycles. The third-order valence-electron chi connectivity index (χ3n) is 3.36. The van der Waals surface area contributed by atoms with E-state index in [1.54, 1.807) is 6.20 Å². The lowest BCUT2D eigenvalue weighted by Crippen LogP contribution is -2.41. The normalized spacial score (nSPS) is 14.0. The molecule has 1 unspecified atom stereocenters. The topological polar surface area (TPSA) is 82.5 Å². The van der Waals surface area contributed by atoms with Crippen LogP contribution in [0.5, 0.6) is 0 Å². The first-order valence-corrected chi connectivity index (χ1v) is 6.37. The van der Waals surface area contributed by atoms with E-state index in [2.05, 4.69) is 10.3 Å². The van der Waals surface area contributed by atoms with Gasteiger partial charge in [0.05, 0.1) is 12.1 Å². The summed E-state index contributed by atoms with van der Waals surface area (Å²) in [7, 11) is 0. The zero-order chi connectivity index (χ0) is 14.9. The Labute approximate surface area is 117 Å². The fourth-order valence-electron chi connectivity index (χ4n) is 2.04. The number of fused-ring (bicyclic) bond motifs is 1. The molecule has 3 N–H and O–H groups in total. The molecule has 106 valence electrons. The molecular weight excluding hydrogens is 256 g/mol. The van der Waals surface area contributed by atoms with Crippen molar-refractivity contribution in [2.24, 2.45) is 0 Å². The maximum atomic E-state index is 10.9. The van der Waals surface area contributed by atoms with Gasteiger partial charge < -0.3 is 15.5 Å². The van der Waals surface area contributed by atoms with Gasteiger partial charge in [-0.1, -0.05) is 18.2 Å². The van der Waals surface area contributed by atoms with Crippen LogP contribution in [0.1, 0.15) is 18.1 Å². The SMILES string of the molecule is Cc1cnc2c(C)cccc2c1NCC(C)(O)C(=O)O. The molecule has 0 aliphatic carbocycles. The number of para-hydroxylation sites is 1. The van der Waals surface area contributed by atoms with E-state index in [4.69, 9.17) is 5.11 Å². The summed E-state index contributed by atoms with van der Waals surface area (Å²) in [6, 6.07) is 5.83. The van der Waals surface area contributed by atoms with Crippen molar-refractivity contribution < 1.29 is 15.0 Å². The van der Waals surface area contributed by atoms with Crippen LogP contribution in [0.15, 0.2) is 24.4 Å². The number of benzene rings is 1. The van der Waals surface area contributed by atoms with Gasteiger partial charge in [0, 0.05) is 17.3 Å². The first-order chi connectivity index (χ1) is 9.33. The molecule has 1 heterocycles. The number of rotatable bonds is 4. The Morgan fingerprint density at radius 1 is 1.35 bits per heavy atom. The van der Waals surface area contributed by atoms with Gasteiger partial charge in [-0.2, -0.15) is 0 Å². The molecule has 1 aromatic heterocycles. The van der Waals surface area contributed by atoms with Gasteiger partial charge in [0.1, 0.15) is 0 Å². The van der Waals surface area contributed by atoms with Crippen LogP contribution in [0, 0.1) is 13.8 Å². The first kappa shape index (κ1) is 14.3. The third kappa shape index (κ3) is 2.58. The molecule has 0 bridgehead atoms. The van der Waals surface area contributed by atoms with Crippen molar-refractivity contribution >= 4 is 22.6 Å². The number of pyridine rings is 1. The Balaban J connectivity index is 2.42. The summed E-state index contributed by atoms with van der Waals surface area (Å²) >= 11 is 0. The number of anilines is 1. The minimum Gasteiger partial charge on any atom is -0.479 e. The zero-order valence-corrected chi connectivity index (χ0v) is 11.8. The quantitative estimate of drug-likeness (QED) is 0.795. The number of aliphatic carboxylic acids is 1. The highest BCUT2D eigenvalue weighted by Gasteiger charge is 2.29. The van der Waals surface area contributed by atoms with Gasteiger partial charge in [-0.05, 0) is 31.9 Å². The van der Waals surface area contributed by atoms with Crippen molar-refractivity contribution in [3.05, 3.63) is 35.5 Å². The highest BCUT2D eigenvalue weighted by Crippen LogP contribution is 2.27. The molecule has 2 rings (SSSR count). The molecule has 0 radical (unpaired) electrons. The van der Waals surface area contributed by atoms with E-state index in [0.29, 0.717) is 0 Å². The predicted molar refractivity (Wildman–Crippen MR) is 78.0 cm³/mol. The minimum absolute atomic E-state index is 0.0732. The number of nitrogens with one attached hydrogen (secondary N) is 1. The molecule has 1 aromatic carbocycles. The molecule has 5 heteroatoms. The second kappa shape index (κ2) is 5.09. The van der Waals surface area contributed by atoms with Crippen molar-refractivity contribution in [2.45, 2.75) is 26.4 Å². The molecule has 1 atom stereocenters. The Hall–Kier alpha value is -2.14. The Morgan fingerprint density at radius 2 is 2.05 bits per heavy atom. The maximum Gasteiger partial charge on any atom is 0.337 e. The zero-order valence-electron chi connectivity index (χ0n) is 11.8. The van der Waals surface area contributed by atoms with Gasteiger partial charge in [-0.15, -0.1) is 0 Å². The van der Waals surface area contributed by atoms with Gasteiger partial charge in [-0.3, -0.25) is 4.98 Å². The lowest BCUT2D eigenvalue weighted by Gasteiger charge is -2.21. The lowest BCUT2D eigenvalue weighted by molar-refractivity contribution is -0.155. The summed E-state index contributed by atoms with van der Waals surface area (Å²) in [5.41, 5.74) is 1.82. The van der Waals surface area contributed by atoms with Crippen LogP contribution in [0.2, 0.25) is 0 Å². The molecule has 2 aromatic rings. The van der Waals surface area contributed by atoms with Gasteiger partial charge in [-0.25, -0.2) is 4.79 Å². The van der Waals surface area contributed by atoms with E-state index < -0.39 is 11.6 Å². The Bertz CT molecular complexity index is 665. The molecule has 20 heavy (non-hydrogen) atoms. The summed E-state index contributed by atoms with van der Waals surface area (Å²) in [4.78, 5) is 15.3. The first-order valence-electron chi connectivity index (χ1n) is 6.37. The van der Waals surface area contributed by atoms with E-state index in [1.807, 2.05) is 32.0 Å². The van der Waals surface area contributed by atoms with E-state index >= 15 is 0 Å². The number of carboxylic acids is 1. The Kier molecular flexibility index (Phi) is 3.63. The number of aliphatic hydroxyl groups is 1. The number of carboxylic acid groups (broad SMARTS) is 1. The number of aryl methyl sites for hydroxylation is 2. The van der Waals surface area contributed by atoms with Crippen molar-refractivity contribution in [3.63, 3.8) is 0 Å². The number of nitrogens with zero attached hydrogens (tertiary/aromatic N) is 1. The van der Waals surface area contributed by atoms with E-state index in [9.17, 15) is 9.90 Å². The second-order valence-electron chi connectivity index (χ2n) is 5.22. The third-order valence-corrected chi connectivity index (χ3v) is 3.36. The summed E-state index contributed by atoms with van der Waals surface area (Å²) < 4.78 is 0. The van der Waals surface area contributed by atoms with Gasteiger partial charge in [0.15, 0.2) is 5.60 Å². The highest BCUT2D eigenvalue weighted by atomic mass is 16.4. The van der Waals surface area contributed by atoms with Crippen LogP contribution in [-0.4, -0.2) is 33.3 Å². The largest absolute Gasteiger partial charge is 0.479 e. The van der Waals surface area contributed by atoms with Gasteiger partial charge in [0.2, 0.25) is 0 Å². The number of hydrogen-bond donors (Lipinski definition) is 3. The molecular formula is C15H18N2O3. The average molecular weight is 274 g/mol. The lowest BCUT2D eigenvalue weighted by atomic mass is 10.0. The fourth-order valence-corrected chi connectivity index (χ4v) is 2.04. The Morgan fingerprint density at radius 3 is 2.70 bits per heavy atom. The van der Waals surface area contributed by atoms with Crippen molar-refractivity contribution in [1.29, 1.82) is 0 Å². The van der Waals surface area contributed by atoms with Crippen molar-refractivity contribution in [1.82, 2.24) is 4.98 Å². The summed E-state index contributed by atoms with van der Waals surface area (Å²) in [6.45, 7) is 5.07.